The molecule has 2 rings (SSSR count). The van der Waals surface area contributed by atoms with Crippen molar-refractivity contribution in [2.75, 3.05) is 13.1 Å². The van der Waals surface area contributed by atoms with Crippen LogP contribution in [0.2, 0.25) is 0 Å². The lowest BCUT2D eigenvalue weighted by Gasteiger charge is -2.23. The smallest absolute Gasteiger partial charge is 0.224 e. The average molecular weight is 218 g/mol. The molecule has 3 heteroatoms. The van der Waals surface area contributed by atoms with Crippen molar-refractivity contribution in [3.8, 4) is 0 Å². The highest BCUT2D eigenvalue weighted by atomic mass is 16.1. The summed E-state index contributed by atoms with van der Waals surface area (Å²) in [6.45, 7) is 1.98. The SMILES string of the molecule is O=C(Cc1ccccc1)N[C@@H]1CCCNC1. The third-order valence-electron chi connectivity index (χ3n) is 2.87. The maximum Gasteiger partial charge on any atom is 0.224 e. The Kier molecular flexibility index (Phi) is 3.94. The van der Waals surface area contributed by atoms with Crippen molar-refractivity contribution < 1.29 is 4.79 Å². The highest BCUT2D eigenvalue weighted by Crippen LogP contribution is 2.03. The summed E-state index contributed by atoms with van der Waals surface area (Å²) in [7, 11) is 0. The lowest BCUT2D eigenvalue weighted by molar-refractivity contribution is -0.121. The van der Waals surface area contributed by atoms with Crippen LogP contribution >= 0.6 is 0 Å². The molecule has 1 amide bonds. The monoisotopic (exact) mass is 218 g/mol. The van der Waals surface area contributed by atoms with Crippen LogP contribution in [-0.2, 0) is 11.2 Å². The predicted molar refractivity (Wildman–Crippen MR) is 64.2 cm³/mol. The highest BCUT2D eigenvalue weighted by Gasteiger charge is 2.14. The molecule has 0 unspecified atom stereocenters. The number of piperidine rings is 1. The molecule has 0 saturated carbocycles. The van der Waals surface area contributed by atoms with Crippen LogP contribution in [0.3, 0.4) is 0 Å². The fourth-order valence-electron chi connectivity index (χ4n) is 2.03. The normalized spacial score (nSPS) is 20.4. The van der Waals surface area contributed by atoms with E-state index >= 15 is 0 Å². The van der Waals surface area contributed by atoms with Crippen molar-refractivity contribution in [3.63, 3.8) is 0 Å². The molecule has 1 atom stereocenters. The number of hydrogen-bond acceptors (Lipinski definition) is 2. The first kappa shape index (κ1) is 11.1. The second-order valence-electron chi connectivity index (χ2n) is 4.27. The lowest BCUT2D eigenvalue weighted by atomic mass is 10.1. The molecule has 1 aliphatic heterocycles. The predicted octanol–water partition coefficient (Wildman–Crippen LogP) is 1.10. The summed E-state index contributed by atoms with van der Waals surface area (Å²) in [5, 5.41) is 6.36. The fourth-order valence-corrected chi connectivity index (χ4v) is 2.03. The van der Waals surface area contributed by atoms with E-state index in [2.05, 4.69) is 10.6 Å². The van der Waals surface area contributed by atoms with Gasteiger partial charge in [-0.25, -0.2) is 0 Å². The minimum Gasteiger partial charge on any atom is -0.352 e. The van der Waals surface area contributed by atoms with Crippen molar-refractivity contribution >= 4 is 5.91 Å². The van der Waals surface area contributed by atoms with Gasteiger partial charge in [-0.3, -0.25) is 4.79 Å². The van der Waals surface area contributed by atoms with Crippen LogP contribution in [0.15, 0.2) is 30.3 Å². The summed E-state index contributed by atoms with van der Waals surface area (Å²) >= 11 is 0. The molecule has 1 fully saturated rings. The second-order valence-corrected chi connectivity index (χ2v) is 4.27. The molecule has 1 aromatic rings. The van der Waals surface area contributed by atoms with Gasteiger partial charge in [0.15, 0.2) is 0 Å². The van der Waals surface area contributed by atoms with Crippen LogP contribution in [-0.4, -0.2) is 25.0 Å². The van der Waals surface area contributed by atoms with E-state index in [9.17, 15) is 4.79 Å². The topological polar surface area (TPSA) is 41.1 Å². The largest absolute Gasteiger partial charge is 0.352 e. The van der Waals surface area contributed by atoms with Crippen molar-refractivity contribution in [1.29, 1.82) is 0 Å². The Morgan fingerprint density at radius 2 is 2.19 bits per heavy atom. The molecule has 0 aliphatic carbocycles. The minimum atomic E-state index is 0.125. The van der Waals surface area contributed by atoms with Crippen molar-refractivity contribution in [3.05, 3.63) is 35.9 Å². The van der Waals surface area contributed by atoms with Gasteiger partial charge in [0.1, 0.15) is 0 Å². The van der Waals surface area contributed by atoms with Gasteiger partial charge in [0, 0.05) is 12.6 Å². The molecule has 2 N–H and O–H groups in total. The van der Waals surface area contributed by atoms with Crippen LogP contribution in [0, 0.1) is 0 Å². The number of carbonyl (C=O) groups is 1. The average Bonchev–Trinajstić information content (AvgIpc) is 2.31. The molecular formula is C13H18N2O. The standard InChI is InChI=1S/C13H18N2O/c16-13(9-11-5-2-1-3-6-11)15-12-7-4-8-14-10-12/h1-3,5-6,12,14H,4,7-10H2,(H,15,16)/t12-/m1/s1. The Bertz CT molecular complexity index is 331. The molecule has 16 heavy (non-hydrogen) atoms. The molecule has 1 heterocycles. The molecule has 1 aromatic carbocycles. The Hall–Kier alpha value is -1.35. The van der Waals surface area contributed by atoms with Crippen molar-refractivity contribution in [1.82, 2.24) is 10.6 Å². The molecule has 1 saturated heterocycles. The number of benzene rings is 1. The number of rotatable bonds is 3. The Labute approximate surface area is 96.2 Å². The number of nitrogens with one attached hydrogen (secondary N) is 2. The third-order valence-corrected chi connectivity index (χ3v) is 2.87. The van der Waals surface area contributed by atoms with Gasteiger partial charge in [-0.05, 0) is 24.9 Å². The van der Waals surface area contributed by atoms with Gasteiger partial charge < -0.3 is 10.6 Å². The van der Waals surface area contributed by atoms with Gasteiger partial charge in [-0.15, -0.1) is 0 Å². The molecule has 1 aliphatic rings. The van der Waals surface area contributed by atoms with E-state index in [4.69, 9.17) is 0 Å². The summed E-state index contributed by atoms with van der Waals surface area (Å²) in [6.07, 6.45) is 2.72. The van der Waals surface area contributed by atoms with E-state index < -0.39 is 0 Å². The van der Waals surface area contributed by atoms with Gasteiger partial charge in [-0.1, -0.05) is 30.3 Å². The van der Waals surface area contributed by atoms with Crippen LogP contribution in [0.5, 0.6) is 0 Å². The molecule has 0 aromatic heterocycles. The lowest BCUT2D eigenvalue weighted by Crippen LogP contribution is -2.46. The Morgan fingerprint density at radius 1 is 1.38 bits per heavy atom. The molecule has 0 bridgehead atoms. The highest BCUT2D eigenvalue weighted by molar-refractivity contribution is 5.78. The molecule has 0 spiro atoms. The van der Waals surface area contributed by atoms with E-state index in [0.717, 1.165) is 31.5 Å². The van der Waals surface area contributed by atoms with Gasteiger partial charge in [0.2, 0.25) is 5.91 Å². The van der Waals surface area contributed by atoms with Gasteiger partial charge >= 0.3 is 0 Å². The summed E-state index contributed by atoms with van der Waals surface area (Å²) < 4.78 is 0. The summed E-state index contributed by atoms with van der Waals surface area (Å²) in [6, 6.07) is 10.2. The zero-order valence-corrected chi connectivity index (χ0v) is 9.41. The molecule has 3 nitrogen and oxygen atoms in total. The maximum atomic E-state index is 11.7. The number of hydrogen-bond donors (Lipinski definition) is 2. The van der Waals surface area contributed by atoms with Crippen molar-refractivity contribution in [2.24, 2.45) is 0 Å². The van der Waals surface area contributed by atoms with Gasteiger partial charge in [0.05, 0.1) is 6.42 Å². The maximum absolute atomic E-state index is 11.7. The first-order chi connectivity index (χ1) is 7.84. The fraction of sp³-hybridized carbons (Fsp3) is 0.462. The van der Waals surface area contributed by atoms with E-state index in [1.165, 1.54) is 0 Å². The van der Waals surface area contributed by atoms with Crippen LogP contribution in [0.25, 0.3) is 0 Å². The summed E-state index contributed by atoms with van der Waals surface area (Å²) in [5.74, 6) is 0.125. The van der Waals surface area contributed by atoms with Crippen LogP contribution in [0.4, 0.5) is 0 Å². The molecule has 0 radical (unpaired) electrons. The molecule has 86 valence electrons. The van der Waals surface area contributed by atoms with Gasteiger partial charge in [-0.2, -0.15) is 0 Å². The van der Waals surface area contributed by atoms with E-state index in [0.29, 0.717) is 12.5 Å². The first-order valence-corrected chi connectivity index (χ1v) is 5.88. The van der Waals surface area contributed by atoms with Gasteiger partial charge in [0.25, 0.3) is 0 Å². The number of carbonyl (C=O) groups excluding carboxylic acids is 1. The van der Waals surface area contributed by atoms with E-state index in [1.54, 1.807) is 0 Å². The van der Waals surface area contributed by atoms with Crippen LogP contribution in [0.1, 0.15) is 18.4 Å². The minimum absolute atomic E-state index is 0.125. The quantitative estimate of drug-likeness (QED) is 0.797. The summed E-state index contributed by atoms with van der Waals surface area (Å²) in [4.78, 5) is 11.7. The number of amides is 1. The van der Waals surface area contributed by atoms with E-state index in [1.807, 2.05) is 30.3 Å². The van der Waals surface area contributed by atoms with E-state index in [-0.39, 0.29) is 5.91 Å². The molecular weight excluding hydrogens is 200 g/mol. The zero-order valence-electron chi connectivity index (χ0n) is 9.41. The summed E-state index contributed by atoms with van der Waals surface area (Å²) in [5.41, 5.74) is 1.07. The zero-order chi connectivity index (χ0) is 11.2. The third kappa shape index (κ3) is 3.35. The Balaban J connectivity index is 1.80. The Morgan fingerprint density at radius 3 is 2.88 bits per heavy atom. The van der Waals surface area contributed by atoms with Crippen molar-refractivity contribution in [2.45, 2.75) is 25.3 Å². The second kappa shape index (κ2) is 5.66. The first-order valence-electron chi connectivity index (χ1n) is 5.88. The van der Waals surface area contributed by atoms with Crippen LogP contribution < -0.4 is 10.6 Å².